The lowest BCUT2D eigenvalue weighted by atomic mass is 10.00. The number of hydrogen-bond donors (Lipinski definition) is 1. The Kier molecular flexibility index (Phi) is 7.25. The lowest BCUT2D eigenvalue weighted by molar-refractivity contribution is -0.122. The highest BCUT2D eigenvalue weighted by Crippen LogP contribution is 2.16. The predicted octanol–water partition coefficient (Wildman–Crippen LogP) is 3.03. The summed E-state index contributed by atoms with van der Waals surface area (Å²) < 4.78 is 5.39. The number of hydrogen-bond acceptors (Lipinski definition) is 3. The van der Waals surface area contributed by atoms with Gasteiger partial charge in [0.15, 0.2) is 0 Å². The smallest absolute Gasteiger partial charge is 0.234 e. The Morgan fingerprint density at radius 1 is 1.29 bits per heavy atom. The molecule has 0 radical (unpaired) electrons. The van der Waals surface area contributed by atoms with Crippen LogP contribution in [0.5, 0.6) is 0 Å². The first-order chi connectivity index (χ1) is 11.4. The summed E-state index contributed by atoms with van der Waals surface area (Å²) in [6.07, 6.45) is 2.20. The number of ether oxygens (including phenoxy) is 1. The standard InChI is InChI=1S/C20H32N2O2/c1-15(2)11-17-5-7-19(8-6-17)16(3)21-20(23)13-22(4)12-18-9-10-24-14-18/h5-8,15-16,18H,9-14H2,1-4H3,(H,21,23)/t16-,18+/m1/s1. The summed E-state index contributed by atoms with van der Waals surface area (Å²) in [5.74, 6) is 1.30. The van der Waals surface area contributed by atoms with Crippen molar-refractivity contribution in [1.82, 2.24) is 10.2 Å². The molecule has 0 spiro atoms. The molecular weight excluding hydrogens is 300 g/mol. The van der Waals surface area contributed by atoms with Crippen molar-refractivity contribution in [2.45, 2.75) is 39.7 Å². The van der Waals surface area contributed by atoms with Gasteiger partial charge in [0, 0.05) is 13.2 Å². The topological polar surface area (TPSA) is 41.6 Å². The van der Waals surface area contributed by atoms with Crippen molar-refractivity contribution in [3.63, 3.8) is 0 Å². The maximum Gasteiger partial charge on any atom is 0.234 e. The molecule has 1 fully saturated rings. The minimum atomic E-state index is 0.0359. The minimum Gasteiger partial charge on any atom is -0.381 e. The van der Waals surface area contributed by atoms with Crippen LogP contribution in [0.1, 0.15) is 44.4 Å². The zero-order valence-corrected chi connectivity index (χ0v) is 15.5. The Hall–Kier alpha value is -1.39. The molecule has 1 aromatic rings. The van der Waals surface area contributed by atoms with Crippen molar-refractivity contribution >= 4 is 5.91 Å². The van der Waals surface area contributed by atoms with Crippen LogP contribution in [0.25, 0.3) is 0 Å². The van der Waals surface area contributed by atoms with Gasteiger partial charge in [-0.15, -0.1) is 0 Å². The van der Waals surface area contributed by atoms with Gasteiger partial charge in [-0.2, -0.15) is 0 Å². The van der Waals surface area contributed by atoms with E-state index in [1.54, 1.807) is 0 Å². The van der Waals surface area contributed by atoms with Crippen LogP contribution in [0.4, 0.5) is 0 Å². The molecule has 1 aromatic carbocycles. The Morgan fingerprint density at radius 3 is 2.58 bits per heavy atom. The Morgan fingerprint density at radius 2 is 2.00 bits per heavy atom. The van der Waals surface area contributed by atoms with Crippen LogP contribution >= 0.6 is 0 Å². The van der Waals surface area contributed by atoms with Gasteiger partial charge in [-0.25, -0.2) is 0 Å². The summed E-state index contributed by atoms with van der Waals surface area (Å²) in [5, 5.41) is 3.10. The average Bonchev–Trinajstić information content (AvgIpc) is 2.99. The average molecular weight is 332 g/mol. The molecule has 0 aromatic heterocycles. The van der Waals surface area contributed by atoms with E-state index in [0.717, 1.165) is 38.2 Å². The Balaban J connectivity index is 1.77. The van der Waals surface area contributed by atoms with E-state index in [1.165, 1.54) is 5.56 Å². The molecule has 0 aliphatic carbocycles. The van der Waals surface area contributed by atoms with Crippen LogP contribution in [-0.4, -0.2) is 44.2 Å². The van der Waals surface area contributed by atoms with E-state index in [0.29, 0.717) is 18.4 Å². The number of carbonyl (C=O) groups is 1. The second kappa shape index (κ2) is 9.19. The van der Waals surface area contributed by atoms with E-state index < -0.39 is 0 Å². The predicted molar refractivity (Wildman–Crippen MR) is 98.0 cm³/mol. The SMILES string of the molecule is CC(C)Cc1ccc([C@@H](C)NC(=O)CN(C)C[C@@H]2CCOC2)cc1. The number of nitrogens with zero attached hydrogens (tertiary/aromatic N) is 1. The first kappa shape index (κ1) is 18.9. The van der Waals surface area contributed by atoms with E-state index in [4.69, 9.17) is 4.74 Å². The molecule has 1 saturated heterocycles. The van der Waals surface area contributed by atoms with Gasteiger partial charge < -0.3 is 10.1 Å². The molecule has 0 saturated carbocycles. The molecule has 1 heterocycles. The molecule has 1 N–H and O–H groups in total. The number of carbonyl (C=O) groups excluding carboxylic acids is 1. The van der Waals surface area contributed by atoms with Crippen molar-refractivity contribution in [3.05, 3.63) is 35.4 Å². The highest BCUT2D eigenvalue weighted by Gasteiger charge is 2.19. The van der Waals surface area contributed by atoms with Gasteiger partial charge in [-0.3, -0.25) is 9.69 Å². The van der Waals surface area contributed by atoms with Crippen LogP contribution in [-0.2, 0) is 16.0 Å². The fraction of sp³-hybridized carbons (Fsp3) is 0.650. The third-order valence-electron chi connectivity index (χ3n) is 4.51. The summed E-state index contributed by atoms with van der Waals surface area (Å²) in [5.41, 5.74) is 2.51. The van der Waals surface area contributed by atoms with E-state index in [1.807, 2.05) is 14.0 Å². The van der Waals surface area contributed by atoms with Crippen molar-refractivity contribution in [2.75, 3.05) is 33.4 Å². The molecule has 1 amide bonds. The Bertz CT molecular complexity index is 507. The first-order valence-corrected chi connectivity index (χ1v) is 9.08. The Labute approximate surface area is 146 Å². The molecule has 4 heteroatoms. The van der Waals surface area contributed by atoms with Gasteiger partial charge in [0.25, 0.3) is 0 Å². The van der Waals surface area contributed by atoms with Gasteiger partial charge in [-0.1, -0.05) is 38.1 Å². The number of amides is 1. The summed E-state index contributed by atoms with van der Waals surface area (Å²) in [7, 11) is 2.00. The quantitative estimate of drug-likeness (QED) is 0.795. The van der Waals surface area contributed by atoms with Gasteiger partial charge in [0.05, 0.1) is 19.2 Å². The second-order valence-corrected chi connectivity index (χ2v) is 7.56. The third-order valence-corrected chi connectivity index (χ3v) is 4.51. The highest BCUT2D eigenvalue weighted by molar-refractivity contribution is 5.78. The monoisotopic (exact) mass is 332 g/mol. The van der Waals surface area contributed by atoms with Crippen molar-refractivity contribution in [3.8, 4) is 0 Å². The number of likely N-dealkylation sites (N-methyl/N-ethyl adjacent to an activating group) is 1. The number of benzene rings is 1. The van der Waals surface area contributed by atoms with Crippen LogP contribution in [0.3, 0.4) is 0 Å². The van der Waals surface area contributed by atoms with E-state index >= 15 is 0 Å². The lowest BCUT2D eigenvalue weighted by Crippen LogP contribution is -2.38. The summed E-state index contributed by atoms with van der Waals surface area (Å²) in [6.45, 7) is 9.54. The molecule has 0 bridgehead atoms. The summed E-state index contributed by atoms with van der Waals surface area (Å²) in [6, 6.07) is 8.63. The molecule has 2 rings (SSSR count). The lowest BCUT2D eigenvalue weighted by Gasteiger charge is -2.21. The van der Waals surface area contributed by atoms with Crippen LogP contribution < -0.4 is 5.32 Å². The normalized spacial score (nSPS) is 19.0. The summed E-state index contributed by atoms with van der Waals surface area (Å²) in [4.78, 5) is 14.3. The number of rotatable bonds is 8. The number of nitrogens with one attached hydrogen (secondary N) is 1. The highest BCUT2D eigenvalue weighted by atomic mass is 16.5. The minimum absolute atomic E-state index is 0.0359. The molecular formula is C20H32N2O2. The van der Waals surface area contributed by atoms with Gasteiger partial charge in [-0.05, 0) is 49.8 Å². The van der Waals surface area contributed by atoms with Crippen molar-refractivity contribution in [2.24, 2.45) is 11.8 Å². The molecule has 1 aliphatic rings. The molecule has 2 atom stereocenters. The van der Waals surface area contributed by atoms with Gasteiger partial charge in [0.1, 0.15) is 0 Å². The fourth-order valence-corrected chi connectivity index (χ4v) is 3.26. The van der Waals surface area contributed by atoms with Crippen molar-refractivity contribution in [1.29, 1.82) is 0 Å². The van der Waals surface area contributed by atoms with E-state index in [2.05, 4.69) is 48.3 Å². The molecule has 0 unspecified atom stereocenters. The first-order valence-electron chi connectivity index (χ1n) is 9.08. The molecule has 24 heavy (non-hydrogen) atoms. The molecule has 1 aliphatic heterocycles. The largest absolute Gasteiger partial charge is 0.381 e. The van der Waals surface area contributed by atoms with E-state index in [9.17, 15) is 4.79 Å². The maximum absolute atomic E-state index is 12.2. The van der Waals surface area contributed by atoms with Crippen molar-refractivity contribution < 1.29 is 9.53 Å². The second-order valence-electron chi connectivity index (χ2n) is 7.56. The van der Waals surface area contributed by atoms with Crippen LogP contribution in [0, 0.1) is 11.8 Å². The summed E-state index contributed by atoms with van der Waals surface area (Å²) >= 11 is 0. The van der Waals surface area contributed by atoms with Crippen LogP contribution in [0.15, 0.2) is 24.3 Å². The van der Waals surface area contributed by atoms with Gasteiger partial charge >= 0.3 is 0 Å². The molecule has 4 nitrogen and oxygen atoms in total. The third kappa shape index (κ3) is 6.25. The maximum atomic E-state index is 12.2. The zero-order valence-electron chi connectivity index (χ0n) is 15.5. The van der Waals surface area contributed by atoms with E-state index in [-0.39, 0.29) is 11.9 Å². The zero-order chi connectivity index (χ0) is 17.5. The fourth-order valence-electron chi connectivity index (χ4n) is 3.26. The van der Waals surface area contributed by atoms with Gasteiger partial charge in [0.2, 0.25) is 5.91 Å². The van der Waals surface area contributed by atoms with Crippen LogP contribution in [0.2, 0.25) is 0 Å². The molecule has 134 valence electrons.